The number of amides is 2. The van der Waals surface area contributed by atoms with Crippen LogP contribution >= 0.6 is 11.3 Å². The molecule has 210 valence electrons. The van der Waals surface area contributed by atoms with Gasteiger partial charge in [0.05, 0.1) is 11.7 Å². The van der Waals surface area contributed by atoms with Crippen LogP contribution < -0.4 is 15.4 Å². The molecule has 0 unspecified atom stereocenters. The van der Waals surface area contributed by atoms with Crippen LogP contribution in [-0.2, 0) is 39.1 Å². The molecule has 12 heteroatoms. The number of rotatable bonds is 11. The topological polar surface area (TPSA) is 150 Å². The molecule has 2 atom stereocenters. The Hall–Kier alpha value is -3.48. The number of hydrogen-bond acceptors (Lipinski definition) is 8. The first-order valence-electron chi connectivity index (χ1n) is 12.4. The molecule has 0 saturated carbocycles. The fourth-order valence-electron chi connectivity index (χ4n) is 3.72. The lowest BCUT2D eigenvalue weighted by Crippen LogP contribution is -2.50. The number of ether oxygens (including phenoxy) is 1. The summed E-state index contributed by atoms with van der Waals surface area (Å²) in [6, 6.07) is 14.2. The first kappa shape index (κ1) is 30.1. The Morgan fingerprint density at radius 2 is 1.64 bits per heavy atom. The van der Waals surface area contributed by atoms with Crippen LogP contribution in [0, 0.1) is 0 Å². The van der Waals surface area contributed by atoms with Gasteiger partial charge >= 0.3 is 6.09 Å². The first-order valence-corrected chi connectivity index (χ1v) is 14.7. The number of aromatic nitrogens is 1. The molecule has 3 rings (SSSR count). The summed E-state index contributed by atoms with van der Waals surface area (Å²) in [6.07, 6.45) is 0.630. The van der Waals surface area contributed by atoms with Crippen LogP contribution in [0.3, 0.4) is 0 Å². The number of carbonyl (C=O) groups is 2. The maximum Gasteiger partial charge on any atom is 0.408 e. The average molecular weight is 574 g/mol. The molecule has 0 spiro atoms. The van der Waals surface area contributed by atoms with Gasteiger partial charge in [-0.2, -0.15) is 0 Å². The molecule has 10 nitrogen and oxygen atoms in total. The summed E-state index contributed by atoms with van der Waals surface area (Å²) >= 11 is 1.42. The van der Waals surface area contributed by atoms with Crippen molar-refractivity contribution in [2.24, 2.45) is 0 Å². The Morgan fingerprint density at radius 3 is 2.21 bits per heavy atom. The number of carbonyl (C=O) groups excluding carboxylic acids is 2. The van der Waals surface area contributed by atoms with Crippen molar-refractivity contribution in [3.05, 3.63) is 81.8 Å². The van der Waals surface area contributed by atoms with Crippen molar-refractivity contribution in [1.82, 2.24) is 15.6 Å². The zero-order valence-electron chi connectivity index (χ0n) is 22.3. The number of nitrogens with zero attached hydrogens (tertiary/aromatic N) is 1. The highest BCUT2D eigenvalue weighted by Gasteiger charge is 2.28. The van der Waals surface area contributed by atoms with E-state index < -0.39 is 40.0 Å². The van der Waals surface area contributed by atoms with E-state index in [4.69, 9.17) is 4.74 Å². The Morgan fingerprint density at radius 1 is 1.00 bits per heavy atom. The smallest absolute Gasteiger partial charge is 0.408 e. The van der Waals surface area contributed by atoms with Crippen LogP contribution in [0.5, 0.6) is 0 Å². The maximum absolute atomic E-state index is 13.6. The summed E-state index contributed by atoms with van der Waals surface area (Å²) in [5.41, 5.74) is 1.94. The minimum Gasteiger partial charge on any atom is -0.731 e. The van der Waals surface area contributed by atoms with Crippen molar-refractivity contribution in [1.29, 1.82) is 0 Å². The van der Waals surface area contributed by atoms with Gasteiger partial charge in [-0.15, -0.1) is 11.3 Å². The van der Waals surface area contributed by atoms with E-state index in [2.05, 4.69) is 15.6 Å². The Labute approximate surface area is 233 Å². The number of benzene rings is 2. The van der Waals surface area contributed by atoms with Crippen molar-refractivity contribution < 1.29 is 27.3 Å². The van der Waals surface area contributed by atoms with E-state index >= 15 is 0 Å². The molecule has 2 amide bonds. The Balaban J connectivity index is 1.84. The van der Waals surface area contributed by atoms with Gasteiger partial charge in [0.25, 0.3) is 0 Å². The molecule has 0 bridgehead atoms. The van der Waals surface area contributed by atoms with Gasteiger partial charge < -0.3 is 19.9 Å². The number of thiazole rings is 1. The van der Waals surface area contributed by atoms with E-state index in [-0.39, 0.29) is 12.1 Å². The molecule has 3 N–H and O–H groups in total. The van der Waals surface area contributed by atoms with Gasteiger partial charge in [-0.3, -0.25) is 9.52 Å². The number of hydrogen-bond donors (Lipinski definition) is 3. The number of nitrogens with one attached hydrogen (secondary N) is 3. The largest absolute Gasteiger partial charge is 0.731 e. The highest BCUT2D eigenvalue weighted by molar-refractivity contribution is 7.87. The highest BCUT2D eigenvalue weighted by Crippen LogP contribution is 2.24. The quantitative estimate of drug-likeness (QED) is 0.292. The monoisotopic (exact) mass is 573 g/mol. The van der Waals surface area contributed by atoms with Gasteiger partial charge in [0.1, 0.15) is 16.7 Å². The van der Waals surface area contributed by atoms with Gasteiger partial charge in [-0.05, 0) is 56.9 Å². The molecule has 2 aromatic carbocycles. The predicted molar refractivity (Wildman–Crippen MR) is 149 cm³/mol. The first-order chi connectivity index (χ1) is 18.3. The van der Waals surface area contributed by atoms with Crippen LogP contribution in [0.1, 0.15) is 55.6 Å². The molecule has 3 aromatic rings. The van der Waals surface area contributed by atoms with Crippen LogP contribution in [0.15, 0.2) is 60.0 Å². The Kier molecular flexibility index (Phi) is 10.1. The fraction of sp³-hybridized carbons (Fsp3) is 0.370. The summed E-state index contributed by atoms with van der Waals surface area (Å²) in [5.74, 6) is -0.404. The van der Waals surface area contributed by atoms with Crippen LogP contribution in [-0.4, -0.2) is 41.6 Å². The van der Waals surface area contributed by atoms with Crippen molar-refractivity contribution in [3.63, 3.8) is 0 Å². The zero-order chi connectivity index (χ0) is 28.6. The lowest BCUT2D eigenvalue weighted by molar-refractivity contribution is -0.124. The third-order valence-corrected chi connectivity index (χ3v) is 6.97. The SMILES string of the molecule is CCc1csc([C@H](Cc2ccc(NS(=O)(=O)[O-])cc2)NC(=O)[C@H](Cc2ccccc2)NC(=O)OC(C)(C)C)n1. The van der Waals surface area contributed by atoms with E-state index in [1.54, 1.807) is 32.9 Å². The van der Waals surface area contributed by atoms with Crippen LogP contribution in [0.25, 0.3) is 0 Å². The number of alkyl carbamates (subject to hydrolysis) is 1. The summed E-state index contributed by atoms with van der Waals surface area (Å²) < 4.78 is 40.3. The predicted octanol–water partition coefficient (Wildman–Crippen LogP) is 4.11. The number of aryl methyl sites for hydroxylation is 1. The lowest BCUT2D eigenvalue weighted by Gasteiger charge is -2.25. The van der Waals surface area contributed by atoms with Crippen molar-refractivity contribution in [3.8, 4) is 0 Å². The molecule has 0 aliphatic carbocycles. The minimum atomic E-state index is -4.64. The normalized spacial score (nSPS) is 13.3. The molecule has 0 aliphatic rings. The molecule has 1 aromatic heterocycles. The van der Waals surface area contributed by atoms with Gasteiger partial charge in [0.2, 0.25) is 5.91 Å². The number of anilines is 1. The third-order valence-electron chi connectivity index (χ3n) is 5.47. The highest BCUT2D eigenvalue weighted by atomic mass is 32.2. The van der Waals surface area contributed by atoms with E-state index in [1.165, 1.54) is 23.5 Å². The summed E-state index contributed by atoms with van der Waals surface area (Å²) in [4.78, 5) is 30.8. The van der Waals surface area contributed by atoms with Crippen LogP contribution in [0.2, 0.25) is 0 Å². The average Bonchev–Trinajstić information content (AvgIpc) is 3.32. The van der Waals surface area contributed by atoms with E-state index in [0.29, 0.717) is 11.4 Å². The van der Waals surface area contributed by atoms with Crippen molar-refractivity contribution in [2.75, 3.05) is 4.72 Å². The van der Waals surface area contributed by atoms with Gasteiger partial charge in [-0.1, -0.05) is 49.4 Å². The van der Waals surface area contributed by atoms with Crippen molar-refractivity contribution >= 4 is 39.3 Å². The van der Waals surface area contributed by atoms with E-state index in [0.717, 1.165) is 23.2 Å². The van der Waals surface area contributed by atoms with Crippen molar-refractivity contribution in [2.45, 2.75) is 64.6 Å². The summed E-state index contributed by atoms with van der Waals surface area (Å²) in [5, 5.41) is 8.37. The minimum absolute atomic E-state index is 0.140. The van der Waals surface area contributed by atoms with E-state index in [9.17, 15) is 22.6 Å². The molecular formula is C27H33N4O6S2-. The lowest BCUT2D eigenvalue weighted by atomic mass is 10.0. The van der Waals surface area contributed by atoms with Gasteiger partial charge in [0, 0.05) is 17.5 Å². The molecule has 0 saturated heterocycles. The van der Waals surface area contributed by atoms with Crippen LogP contribution in [0.4, 0.5) is 10.5 Å². The molecule has 0 aliphatic heterocycles. The van der Waals surface area contributed by atoms with Gasteiger partial charge in [0.15, 0.2) is 10.3 Å². The zero-order valence-corrected chi connectivity index (χ0v) is 23.9. The van der Waals surface area contributed by atoms with Gasteiger partial charge in [-0.25, -0.2) is 18.2 Å². The molecular weight excluding hydrogens is 540 g/mol. The fourth-order valence-corrected chi connectivity index (χ4v) is 5.09. The standard InChI is InChI=1S/C27H34N4O6S2/c1-5-20-17-38-25(28-20)23(16-19-11-13-21(14-12-19)31-39(34,35)36)29-24(32)22(15-18-9-7-6-8-10-18)30-26(33)37-27(2,3)4/h6-14,17,22-23,31H,5,15-16H2,1-4H3,(H,29,32)(H,30,33)(H,34,35,36)/p-1/t22-,23-/m0/s1. The molecule has 0 radical (unpaired) electrons. The van der Waals surface area contributed by atoms with E-state index in [1.807, 2.05) is 47.4 Å². The second-order valence-electron chi connectivity index (χ2n) is 9.94. The summed E-state index contributed by atoms with van der Waals surface area (Å²) in [7, 11) is -4.64. The molecule has 39 heavy (non-hydrogen) atoms. The second-order valence-corrected chi connectivity index (χ2v) is 11.9. The third kappa shape index (κ3) is 10.3. The second kappa shape index (κ2) is 13.0. The maximum atomic E-state index is 13.6. The molecule has 0 fully saturated rings. The Bertz CT molecular complexity index is 1350. The molecule has 1 heterocycles. The summed E-state index contributed by atoms with van der Waals surface area (Å²) in [6.45, 7) is 7.23.